The smallest absolute Gasteiger partial charge is 0.238 e. The van der Waals surface area contributed by atoms with Gasteiger partial charge in [-0.25, -0.2) is 0 Å². The fourth-order valence-electron chi connectivity index (χ4n) is 5.32. The summed E-state index contributed by atoms with van der Waals surface area (Å²) >= 11 is 5.96. The number of rotatable bonds is 6. The van der Waals surface area contributed by atoms with E-state index in [-0.39, 0.29) is 24.4 Å². The minimum atomic E-state index is -0.722. The van der Waals surface area contributed by atoms with Crippen molar-refractivity contribution < 1.29 is 19.4 Å². The van der Waals surface area contributed by atoms with Crippen molar-refractivity contribution in [2.24, 2.45) is 5.92 Å². The van der Waals surface area contributed by atoms with Gasteiger partial charge in [0.1, 0.15) is 11.5 Å². The van der Waals surface area contributed by atoms with E-state index in [4.69, 9.17) is 21.1 Å². The summed E-state index contributed by atoms with van der Waals surface area (Å²) in [4.78, 5) is 15.1. The lowest BCUT2D eigenvalue weighted by Gasteiger charge is -2.52. The van der Waals surface area contributed by atoms with E-state index >= 15 is 0 Å². The van der Waals surface area contributed by atoms with Crippen LogP contribution >= 0.6 is 11.6 Å². The average Bonchev–Trinajstić information content (AvgIpc) is 2.80. The second kappa shape index (κ2) is 9.69. The molecule has 2 N–H and O–H groups in total. The largest absolute Gasteiger partial charge is 0.497 e. The van der Waals surface area contributed by atoms with Gasteiger partial charge < -0.3 is 19.9 Å². The number of ether oxygens (including phenoxy) is 2. The molecule has 1 saturated heterocycles. The lowest BCUT2D eigenvalue weighted by atomic mass is 9.66. The number of amides is 1. The van der Waals surface area contributed by atoms with Gasteiger partial charge >= 0.3 is 0 Å². The average molecular weight is 459 g/mol. The van der Waals surface area contributed by atoms with Gasteiger partial charge in [0.05, 0.1) is 26.4 Å². The van der Waals surface area contributed by atoms with Crippen molar-refractivity contribution in [3.05, 3.63) is 53.1 Å². The molecule has 1 aliphatic carbocycles. The molecule has 0 aromatic heterocycles. The third-order valence-corrected chi connectivity index (χ3v) is 7.15. The molecular weight excluding hydrogens is 428 g/mol. The number of hydrogen-bond donors (Lipinski definition) is 2. The number of carbonyl (C=O) groups excluding carboxylic acids is 1. The Morgan fingerprint density at radius 1 is 1.16 bits per heavy atom. The van der Waals surface area contributed by atoms with Crippen molar-refractivity contribution in [2.75, 3.05) is 32.6 Å². The van der Waals surface area contributed by atoms with Crippen LogP contribution in [0.15, 0.2) is 42.5 Å². The predicted octanol–water partition coefficient (Wildman–Crippen LogP) is 4.66. The molecule has 4 rings (SSSR count). The van der Waals surface area contributed by atoms with E-state index < -0.39 is 5.60 Å². The highest BCUT2D eigenvalue weighted by Gasteiger charge is 2.50. The van der Waals surface area contributed by atoms with Crippen LogP contribution in [0.2, 0.25) is 5.02 Å². The predicted molar refractivity (Wildman–Crippen MR) is 125 cm³/mol. The maximum Gasteiger partial charge on any atom is 0.238 e. The van der Waals surface area contributed by atoms with E-state index in [0.717, 1.165) is 42.7 Å². The molecular formula is C25H31ClN2O4. The van der Waals surface area contributed by atoms with Gasteiger partial charge in [0.2, 0.25) is 5.91 Å². The fourth-order valence-corrected chi connectivity index (χ4v) is 5.45. The molecule has 2 fully saturated rings. The molecule has 1 saturated carbocycles. The molecule has 6 nitrogen and oxygen atoms in total. The van der Waals surface area contributed by atoms with Crippen molar-refractivity contribution in [1.29, 1.82) is 0 Å². The molecule has 0 radical (unpaired) electrons. The minimum Gasteiger partial charge on any atom is -0.497 e. The number of piperidine rings is 1. The Morgan fingerprint density at radius 2 is 1.94 bits per heavy atom. The summed E-state index contributed by atoms with van der Waals surface area (Å²) < 4.78 is 11.2. The molecule has 2 aromatic rings. The first-order valence-corrected chi connectivity index (χ1v) is 11.5. The van der Waals surface area contributed by atoms with Crippen LogP contribution in [-0.4, -0.2) is 48.8 Å². The molecule has 1 aliphatic heterocycles. The summed E-state index contributed by atoms with van der Waals surface area (Å²) in [7, 11) is 3.29. The van der Waals surface area contributed by atoms with Crippen LogP contribution in [0.1, 0.15) is 43.7 Å². The van der Waals surface area contributed by atoms with E-state index in [2.05, 4.69) is 10.2 Å². The normalized spacial score (nSPS) is 25.6. The number of anilines is 1. The van der Waals surface area contributed by atoms with Crippen LogP contribution in [0.25, 0.3) is 0 Å². The molecule has 32 heavy (non-hydrogen) atoms. The molecule has 2 aromatic carbocycles. The van der Waals surface area contributed by atoms with Gasteiger partial charge in [-0.15, -0.1) is 0 Å². The van der Waals surface area contributed by atoms with E-state index in [9.17, 15) is 9.90 Å². The Morgan fingerprint density at radius 3 is 2.66 bits per heavy atom. The SMILES string of the molecule is COc1ccc(OC)c([C@H]2[C@H]3CCCC[C@@]3(O)CCN2CC(=O)Nc2ccc(Cl)cc2)c1. The summed E-state index contributed by atoms with van der Waals surface area (Å²) in [5.74, 6) is 1.40. The zero-order valence-corrected chi connectivity index (χ0v) is 19.4. The highest BCUT2D eigenvalue weighted by atomic mass is 35.5. The monoisotopic (exact) mass is 458 g/mol. The number of nitrogens with zero attached hydrogens (tertiary/aromatic N) is 1. The van der Waals surface area contributed by atoms with E-state index in [0.29, 0.717) is 23.7 Å². The Kier molecular flexibility index (Phi) is 6.93. The maximum atomic E-state index is 13.0. The lowest BCUT2D eigenvalue weighted by Crippen LogP contribution is -2.56. The number of benzene rings is 2. The third kappa shape index (κ3) is 4.72. The van der Waals surface area contributed by atoms with Crippen molar-refractivity contribution in [3.8, 4) is 11.5 Å². The van der Waals surface area contributed by atoms with Crippen LogP contribution in [0.4, 0.5) is 5.69 Å². The van der Waals surface area contributed by atoms with Crippen LogP contribution in [0.3, 0.4) is 0 Å². The zero-order valence-electron chi connectivity index (χ0n) is 18.6. The first-order valence-electron chi connectivity index (χ1n) is 11.2. The molecule has 7 heteroatoms. The standard InChI is InChI=1S/C25H31ClN2O4/c1-31-19-10-11-22(32-2)20(15-19)24-21-5-3-4-12-25(21,30)13-14-28(24)16-23(29)27-18-8-6-17(26)7-9-18/h6-11,15,21,24,30H,3-5,12-14,16H2,1-2H3,(H,27,29)/t21-,24+,25-/m1/s1. The molecule has 3 atom stereocenters. The molecule has 0 bridgehead atoms. The third-order valence-electron chi connectivity index (χ3n) is 6.90. The topological polar surface area (TPSA) is 71.0 Å². The van der Waals surface area contributed by atoms with Gasteiger partial charge in [-0.1, -0.05) is 24.4 Å². The summed E-state index contributed by atoms with van der Waals surface area (Å²) in [5.41, 5.74) is 0.942. The highest BCUT2D eigenvalue weighted by Crippen LogP contribution is 2.51. The Balaban J connectivity index is 1.64. The Bertz CT molecular complexity index is 951. The number of likely N-dealkylation sites (tertiary alicyclic amines) is 1. The second-order valence-electron chi connectivity index (χ2n) is 8.78. The van der Waals surface area contributed by atoms with Gasteiger partial charge in [0, 0.05) is 34.8 Å². The van der Waals surface area contributed by atoms with Crippen molar-refractivity contribution >= 4 is 23.2 Å². The first kappa shape index (κ1) is 22.9. The van der Waals surface area contributed by atoms with Crippen molar-refractivity contribution in [1.82, 2.24) is 4.90 Å². The van der Waals surface area contributed by atoms with Gasteiger partial charge in [0.25, 0.3) is 0 Å². The lowest BCUT2D eigenvalue weighted by molar-refractivity contribution is -0.135. The van der Waals surface area contributed by atoms with E-state index in [1.54, 1.807) is 38.5 Å². The summed E-state index contributed by atoms with van der Waals surface area (Å²) in [6.45, 7) is 0.853. The number of hydrogen-bond acceptors (Lipinski definition) is 5. The Labute approximate surface area is 194 Å². The van der Waals surface area contributed by atoms with Crippen molar-refractivity contribution in [3.63, 3.8) is 0 Å². The first-order chi connectivity index (χ1) is 15.4. The zero-order chi connectivity index (χ0) is 22.7. The molecule has 0 spiro atoms. The van der Waals surface area contributed by atoms with Crippen LogP contribution < -0.4 is 14.8 Å². The van der Waals surface area contributed by atoms with Gasteiger partial charge in [-0.3, -0.25) is 9.69 Å². The highest BCUT2D eigenvalue weighted by molar-refractivity contribution is 6.30. The molecule has 1 heterocycles. The number of carbonyl (C=O) groups is 1. The number of fused-ring (bicyclic) bond motifs is 1. The maximum absolute atomic E-state index is 13.0. The number of aliphatic hydroxyl groups is 1. The fraction of sp³-hybridized carbons (Fsp3) is 0.480. The number of methoxy groups -OCH3 is 2. The van der Waals surface area contributed by atoms with E-state index in [1.807, 2.05) is 18.2 Å². The second-order valence-corrected chi connectivity index (χ2v) is 9.22. The minimum absolute atomic E-state index is 0.0225. The van der Waals surface area contributed by atoms with E-state index in [1.165, 1.54) is 0 Å². The van der Waals surface area contributed by atoms with Gasteiger partial charge in [-0.2, -0.15) is 0 Å². The molecule has 1 amide bonds. The summed E-state index contributed by atoms with van der Waals surface area (Å²) in [5, 5.41) is 15.1. The van der Waals surface area contributed by atoms with Crippen LogP contribution in [0.5, 0.6) is 11.5 Å². The molecule has 172 valence electrons. The van der Waals surface area contributed by atoms with Gasteiger partial charge in [-0.05, 0) is 61.7 Å². The van der Waals surface area contributed by atoms with Crippen LogP contribution in [0, 0.1) is 5.92 Å². The summed E-state index contributed by atoms with van der Waals surface area (Å²) in [6.07, 6.45) is 4.48. The number of nitrogens with one attached hydrogen (secondary N) is 1. The number of halogens is 1. The van der Waals surface area contributed by atoms with Gasteiger partial charge in [0.15, 0.2) is 0 Å². The Hall–Kier alpha value is -2.28. The van der Waals surface area contributed by atoms with Crippen LogP contribution in [-0.2, 0) is 4.79 Å². The quantitative estimate of drug-likeness (QED) is 0.658. The van der Waals surface area contributed by atoms with Crippen molar-refractivity contribution in [2.45, 2.75) is 43.7 Å². The molecule has 0 unspecified atom stereocenters. The molecule has 2 aliphatic rings. The summed E-state index contributed by atoms with van der Waals surface area (Å²) in [6, 6.07) is 12.7.